The Morgan fingerprint density at radius 1 is 0.853 bits per heavy atom. The van der Waals surface area contributed by atoms with E-state index in [1.807, 2.05) is 42.5 Å². The van der Waals surface area contributed by atoms with Crippen LogP contribution in [0.3, 0.4) is 0 Å². The van der Waals surface area contributed by atoms with Crippen LogP contribution in [-0.4, -0.2) is 61.9 Å². The molecule has 0 aliphatic carbocycles. The zero-order chi connectivity index (χ0) is 24.8. The highest BCUT2D eigenvalue weighted by Crippen LogP contribution is 2.25. The van der Waals surface area contributed by atoms with Gasteiger partial charge in [-0.3, -0.25) is 13.4 Å². The highest BCUT2D eigenvalue weighted by molar-refractivity contribution is 7.86. The molecule has 0 saturated carbocycles. The van der Waals surface area contributed by atoms with Crippen molar-refractivity contribution in [3.63, 3.8) is 0 Å². The summed E-state index contributed by atoms with van der Waals surface area (Å²) >= 11 is 6.48. The number of halogens is 1. The third-order valence-electron chi connectivity index (χ3n) is 4.75. The molecule has 8 nitrogen and oxygen atoms in total. The summed E-state index contributed by atoms with van der Waals surface area (Å²) in [7, 11) is -7.21. The van der Waals surface area contributed by atoms with Gasteiger partial charge in [0.25, 0.3) is 20.2 Å². The van der Waals surface area contributed by atoms with Crippen molar-refractivity contribution in [2.24, 2.45) is 4.99 Å². The third-order valence-corrected chi connectivity index (χ3v) is 6.27. The number of aliphatic imine (C=N–C) groups is 1. The maximum Gasteiger partial charge on any atom is 0.264 e. The molecule has 0 aliphatic heterocycles. The van der Waals surface area contributed by atoms with E-state index in [-0.39, 0.29) is 26.3 Å². The van der Waals surface area contributed by atoms with Crippen LogP contribution >= 0.6 is 11.6 Å². The average Bonchev–Trinajstić information content (AvgIpc) is 2.75. The molecule has 11 heteroatoms. The Balaban J connectivity index is 1.76. The van der Waals surface area contributed by atoms with Crippen molar-refractivity contribution in [2.75, 3.05) is 43.7 Å². The lowest BCUT2D eigenvalue weighted by Gasteiger charge is -2.24. The Kier molecular flexibility index (Phi) is 8.67. The molecule has 34 heavy (non-hydrogen) atoms. The topological polar surface area (TPSA) is 102 Å². The van der Waals surface area contributed by atoms with E-state index in [2.05, 4.69) is 4.99 Å². The number of hydrogen-bond acceptors (Lipinski definition) is 8. The van der Waals surface area contributed by atoms with Gasteiger partial charge in [0, 0.05) is 30.6 Å². The van der Waals surface area contributed by atoms with Crippen molar-refractivity contribution in [1.82, 2.24) is 0 Å². The van der Waals surface area contributed by atoms with Crippen molar-refractivity contribution in [3.05, 3.63) is 71.2 Å². The normalized spacial score (nSPS) is 12.4. The van der Waals surface area contributed by atoms with Crippen molar-refractivity contribution >= 4 is 60.2 Å². The van der Waals surface area contributed by atoms with Crippen LogP contribution in [0, 0.1) is 0 Å². The fourth-order valence-electron chi connectivity index (χ4n) is 3.19. The van der Waals surface area contributed by atoms with Crippen LogP contribution in [0.25, 0.3) is 10.8 Å². The molecule has 182 valence electrons. The molecule has 0 heterocycles. The number of anilines is 1. The van der Waals surface area contributed by atoms with Gasteiger partial charge in [-0.05, 0) is 41.1 Å². The van der Waals surface area contributed by atoms with Crippen LogP contribution in [0.15, 0.2) is 65.7 Å². The SMILES string of the molecule is CS(=O)(=O)OCCN(CCOS(C)(=O)=O)c1ccc(C=Nc2ccc3ccccc3c2)c(Cl)c1. The molecule has 0 bridgehead atoms. The highest BCUT2D eigenvalue weighted by Gasteiger charge is 2.12. The van der Waals surface area contributed by atoms with Crippen molar-refractivity contribution in [3.8, 4) is 0 Å². The van der Waals surface area contributed by atoms with Crippen LogP contribution in [-0.2, 0) is 28.6 Å². The Bertz CT molecular complexity index is 1350. The third kappa shape index (κ3) is 8.37. The molecule has 0 spiro atoms. The van der Waals surface area contributed by atoms with Crippen LogP contribution in [0.4, 0.5) is 11.4 Å². The molecule has 0 N–H and O–H groups in total. The maximum absolute atomic E-state index is 11.3. The number of rotatable bonds is 11. The number of benzene rings is 3. The van der Waals surface area contributed by atoms with E-state index in [4.69, 9.17) is 20.0 Å². The average molecular weight is 525 g/mol. The van der Waals surface area contributed by atoms with E-state index in [0.29, 0.717) is 16.3 Å². The largest absolute Gasteiger partial charge is 0.367 e. The van der Waals surface area contributed by atoms with E-state index in [9.17, 15) is 16.8 Å². The lowest BCUT2D eigenvalue weighted by Crippen LogP contribution is -2.32. The van der Waals surface area contributed by atoms with E-state index in [0.717, 1.165) is 29.0 Å². The summed E-state index contributed by atoms with van der Waals surface area (Å²) in [5.74, 6) is 0. The molecule has 3 rings (SSSR count). The van der Waals surface area contributed by atoms with Gasteiger partial charge in [0.1, 0.15) is 0 Å². The minimum absolute atomic E-state index is 0.111. The summed E-state index contributed by atoms with van der Waals surface area (Å²) < 4.78 is 54.7. The second-order valence-corrected chi connectivity index (χ2v) is 11.2. The van der Waals surface area contributed by atoms with Gasteiger partial charge in [0.2, 0.25) is 0 Å². The van der Waals surface area contributed by atoms with Gasteiger partial charge in [-0.25, -0.2) is 0 Å². The first kappa shape index (κ1) is 26.1. The van der Waals surface area contributed by atoms with Crippen molar-refractivity contribution in [2.45, 2.75) is 0 Å². The number of nitrogens with zero attached hydrogens (tertiary/aromatic N) is 2. The zero-order valence-corrected chi connectivity index (χ0v) is 21.1. The molecule has 0 aliphatic rings. The van der Waals surface area contributed by atoms with E-state index in [1.54, 1.807) is 29.3 Å². The molecule has 0 aromatic heterocycles. The van der Waals surface area contributed by atoms with Crippen molar-refractivity contribution < 1.29 is 25.2 Å². The monoisotopic (exact) mass is 524 g/mol. The van der Waals surface area contributed by atoms with Crippen LogP contribution in [0.5, 0.6) is 0 Å². The number of fused-ring (bicyclic) bond motifs is 1. The summed E-state index contributed by atoms with van der Waals surface area (Å²) in [4.78, 5) is 6.25. The van der Waals surface area contributed by atoms with Crippen LogP contribution in [0.2, 0.25) is 5.02 Å². The predicted molar refractivity (Wildman–Crippen MR) is 136 cm³/mol. The second-order valence-electron chi connectivity index (χ2n) is 7.53. The Hall–Kier alpha value is -2.50. The van der Waals surface area contributed by atoms with E-state index < -0.39 is 20.2 Å². The van der Waals surface area contributed by atoms with Gasteiger partial charge < -0.3 is 4.90 Å². The van der Waals surface area contributed by atoms with E-state index in [1.165, 1.54) is 0 Å². The maximum atomic E-state index is 11.3. The molecule has 0 amide bonds. The van der Waals surface area contributed by atoms with E-state index >= 15 is 0 Å². The van der Waals surface area contributed by atoms with Gasteiger partial charge in [0.15, 0.2) is 0 Å². The fraction of sp³-hybridized carbons (Fsp3) is 0.261. The van der Waals surface area contributed by atoms with Gasteiger partial charge in [0.05, 0.1) is 36.4 Å². The highest BCUT2D eigenvalue weighted by atomic mass is 35.5. The Morgan fingerprint density at radius 3 is 2.06 bits per heavy atom. The zero-order valence-electron chi connectivity index (χ0n) is 18.7. The quantitative estimate of drug-likeness (QED) is 0.276. The summed E-state index contributed by atoms with van der Waals surface area (Å²) in [6.45, 7) is 0.142. The molecular formula is C23H25ClN2O6S2. The summed E-state index contributed by atoms with van der Waals surface area (Å²) in [6, 6.07) is 19.2. The molecule has 0 atom stereocenters. The lowest BCUT2D eigenvalue weighted by atomic mass is 10.1. The van der Waals surface area contributed by atoms with Crippen LogP contribution < -0.4 is 4.90 Å². The minimum atomic E-state index is -3.61. The molecule has 0 radical (unpaired) electrons. The first-order chi connectivity index (χ1) is 16.0. The summed E-state index contributed by atoms with van der Waals surface area (Å²) in [5.41, 5.74) is 2.14. The standard InChI is InChI=1S/C23H25ClN2O6S2/c1-33(27,28)31-13-11-26(12-14-32-34(2,29)30)22-10-8-20(23(24)16-22)17-25-21-9-7-18-5-3-4-6-19(18)15-21/h3-10,15-17H,11-14H2,1-2H3. The number of hydrogen-bond donors (Lipinski definition) is 0. The predicted octanol–water partition coefficient (Wildman–Crippen LogP) is 4.00. The summed E-state index contributed by atoms with van der Waals surface area (Å²) in [5, 5.41) is 2.64. The first-order valence-electron chi connectivity index (χ1n) is 10.3. The molecular weight excluding hydrogens is 500 g/mol. The van der Waals surface area contributed by atoms with Crippen LogP contribution in [0.1, 0.15) is 5.56 Å². The Morgan fingerprint density at radius 2 is 1.47 bits per heavy atom. The molecule has 0 fully saturated rings. The molecule has 0 unspecified atom stereocenters. The van der Waals surface area contributed by atoms with Gasteiger partial charge in [-0.2, -0.15) is 16.8 Å². The smallest absolute Gasteiger partial charge is 0.264 e. The Labute approximate surface area is 205 Å². The van der Waals surface area contributed by atoms with Gasteiger partial charge in [-0.1, -0.05) is 41.9 Å². The fourth-order valence-corrected chi connectivity index (χ4v) is 4.16. The molecule has 0 saturated heterocycles. The lowest BCUT2D eigenvalue weighted by molar-refractivity contribution is 0.309. The second kappa shape index (κ2) is 11.3. The minimum Gasteiger partial charge on any atom is -0.367 e. The van der Waals surface area contributed by atoms with Gasteiger partial charge >= 0.3 is 0 Å². The summed E-state index contributed by atoms with van der Waals surface area (Å²) in [6.07, 6.45) is 3.59. The molecule has 3 aromatic rings. The van der Waals surface area contributed by atoms with Crippen molar-refractivity contribution in [1.29, 1.82) is 0 Å². The van der Waals surface area contributed by atoms with Gasteiger partial charge in [-0.15, -0.1) is 0 Å². The first-order valence-corrected chi connectivity index (χ1v) is 14.3. The molecule has 3 aromatic carbocycles.